The maximum Gasteiger partial charge on any atom is 0.311 e. The molecule has 0 aromatic rings. The van der Waals surface area contributed by atoms with Gasteiger partial charge in [0.2, 0.25) is 11.8 Å². The Morgan fingerprint density at radius 2 is 2.00 bits per heavy atom. The first-order valence-electron chi connectivity index (χ1n) is 12.3. The average Bonchev–Trinajstić information content (AvgIpc) is 3.33. The Morgan fingerprint density at radius 1 is 1.32 bits per heavy atom. The van der Waals surface area contributed by atoms with Crippen LogP contribution in [0.15, 0.2) is 25.3 Å². The molecule has 1 spiro atoms. The van der Waals surface area contributed by atoms with Crippen LogP contribution in [0.5, 0.6) is 0 Å². The fourth-order valence-corrected chi connectivity index (χ4v) is 8.44. The third kappa shape index (κ3) is 4.11. The van der Waals surface area contributed by atoms with E-state index in [9.17, 15) is 19.5 Å². The van der Waals surface area contributed by atoms with Gasteiger partial charge in [-0.1, -0.05) is 19.1 Å². The lowest BCUT2D eigenvalue weighted by molar-refractivity contribution is -0.156. The molecule has 190 valence electrons. The number of rotatable bonds is 10. The van der Waals surface area contributed by atoms with Crippen molar-refractivity contribution in [1.82, 2.24) is 9.80 Å². The molecule has 7 nitrogen and oxygen atoms in total. The second-order valence-electron chi connectivity index (χ2n) is 10.9. The van der Waals surface area contributed by atoms with Gasteiger partial charge in [-0.15, -0.1) is 24.9 Å². The van der Waals surface area contributed by atoms with Crippen molar-refractivity contribution in [2.45, 2.75) is 87.4 Å². The van der Waals surface area contributed by atoms with E-state index >= 15 is 0 Å². The monoisotopic (exact) mass is 492 g/mol. The first kappa shape index (κ1) is 26.8. The molecule has 3 aliphatic rings. The van der Waals surface area contributed by atoms with E-state index in [-0.39, 0.29) is 31.0 Å². The van der Waals surface area contributed by atoms with Crippen LogP contribution < -0.4 is 0 Å². The lowest BCUT2D eigenvalue weighted by Gasteiger charge is -2.43. The largest absolute Gasteiger partial charge is 0.465 e. The van der Waals surface area contributed by atoms with Gasteiger partial charge in [-0.05, 0) is 53.4 Å². The number of likely N-dealkylation sites (tertiary alicyclic amines) is 1. The van der Waals surface area contributed by atoms with Crippen LogP contribution in [-0.4, -0.2) is 79.6 Å². The molecule has 2 unspecified atom stereocenters. The maximum absolute atomic E-state index is 14.3. The van der Waals surface area contributed by atoms with Crippen LogP contribution >= 0.6 is 11.8 Å². The first-order valence-corrected chi connectivity index (χ1v) is 13.1. The van der Waals surface area contributed by atoms with Gasteiger partial charge in [-0.3, -0.25) is 14.4 Å². The molecule has 0 aliphatic carbocycles. The number of carbonyl (C=O) groups is 3. The Morgan fingerprint density at radius 3 is 2.53 bits per heavy atom. The molecular formula is C26H40N2O5S. The molecule has 3 rings (SSSR count). The molecule has 2 amide bonds. The molecule has 8 heteroatoms. The summed E-state index contributed by atoms with van der Waals surface area (Å²) in [6.07, 6.45) is 5.85. The van der Waals surface area contributed by atoms with Gasteiger partial charge < -0.3 is 19.6 Å². The topological polar surface area (TPSA) is 87.1 Å². The summed E-state index contributed by atoms with van der Waals surface area (Å²) >= 11 is 1.62. The minimum absolute atomic E-state index is 0.146. The van der Waals surface area contributed by atoms with Crippen LogP contribution in [0.3, 0.4) is 0 Å². The predicted molar refractivity (Wildman–Crippen MR) is 134 cm³/mol. The number of nitrogens with zero attached hydrogens (tertiary/aromatic N) is 2. The third-order valence-electron chi connectivity index (χ3n) is 7.73. The van der Waals surface area contributed by atoms with Crippen molar-refractivity contribution < 1.29 is 24.2 Å². The van der Waals surface area contributed by atoms with Crippen molar-refractivity contribution in [2.75, 3.05) is 19.8 Å². The van der Waals surface area contributed by atoms with Gasteiger partial charge in [0.25, 0.3) is 0 Å². The Bertz CT molecular complexity index is 851. The zero-order valence-electron chi connectivity index (χ0n) is 21.2. The summed E-state index contributed by atoms with van der Waals surface area (Å²) in [4.78, 5) is 45.0. The van der Waals surface area contributed by atoms with E-state index in [0.29, 0.717) is 25.8 Å². The van der Waals surface area contributed by atoms with Crippen LogP contribution in [0.2, 0.25) is 0 Å². The molecule has 3 heterocycles. The summed E-state index contributed by atoms with van der Waals surface area (Å²) in [6.45, 7) is 17.7. The number of esters is 1. The molecule has 3 saturated heterocycles. The molecule has 0 aromatic heterocycles. The molecule has 0 saturated carbocycles. The van der Waals surface area contributed by atoms with E-state index < -0.39 is 39.0 Å². The molecule has 2 bridgehead atoms. The highest BCUT2D eigenvalue weighted by atomic mass is 32.2. The Labute approximate surface area is 208 Å². The van der Waals surface area contributed by atoms with Crippen molar-refractivity contribution in [3.8, 4) is 0 Å². The second-order valence-corrected chi connectivity index (χ2v) is 12.8. The van der Waals surface area contributed by atoms with E-state index in [1.165, 1.54) is 0 Å². The van der Waals surface area contributed by atoms with Crippen molar-refractivity contribution in [1.29, 1.82) is 0 Å². The van der Waals surface area contributed by atoms with Gasteiger partial charge >= 0.3 is 5.97 Å². The minimum Gasteiger partial charge on any atom is -0.465 e. The average molecular weight is 493 g/mol. The number of hydrogen-bond donors (Lipinski definition) is 1. The third-order valence-corrected chi connectivity index (χ3v) is 9.72. The summed E-state index contributed by atoms with van der Waals surface area (Å²) in [5, 5.41) is 10.2. The quantitative estimate of drug-likeness (QED) is 0.286. The number of amides is 2. The standard InChI is InChI=1S/C26H40N2O5S/c1-8-11-15-33-23(32)19-18-21(30)28(17(10-3)16-29)20(26(18)13-12-25(19,7)34-26)22(31)27(14-9-2)24(4,5)6/h8-9,17-20,29H,1-2,10-16H2,3-7H3/t17-,18-,19-,20?,25+,26?/m0/s1. The minimum atomic E-state index is -0.751. The highest BCUT2D eigenvalue weighted by molar-refractivity contribution is 8.02. The first-order chi connectivity index (χ1) is 15.9. The van der Waals surface area contributed by atoms with Crippen LogP contribution in [0, 0.1) is 11.8 Å². The summed E-state index contributed by atoms with van der Waals surface area (Å²) in [6, 6.07) is -1.24. The fourth-order valence-electron chi connectivity index (χ4n) is 6.11. The smallest absolute Gasteiger partial charge is 0.311 e. The number of thioether (sulfide) groups is 1. The van der Waals surface area contributed by atoms with Gasteiger partial charge in [-0.2, -0.15) is 0 Å². The zero-order valence-corrected chi connectivity index (χ0v) is 22.0. The molecule has 3 aliphatic heterocycles. The molecule has 6 atom stereocenters. The molecule has 0 aromatic carbocycles. The van der Waals surface area contributed by atoms with E-state index in [1.54, 1.807) is 33.7 Å². The van der Waals surface area contributed by atoms with Crippen LogP contribution in [0.4, 0.5) is 0 Å². The van der Waals surface area contributed by atoms with E-state index in [4.69, 9.17) is 4.74 Å². The van der Waals surface area contributed by atoms with Crippen molar-refractivity contribution in [2.24, 2.45) is 11.8 Å². The highest BCUT2D eigenvalue weighted by Crippen LogP contribution is 2.71. The maximum atomic E-state index is 14.3. The van der Waals surface area contributed by atoms with Gasteiger partial charge in [0.1, 0.15) is 6.04 Å². The van der Waals surface area contributed by atoms with Gasteiger partial charge in [0, 0.05) is 16.8 Å². The molecular weight excluding hydrogens is 452 g/mol. The van der Waals surface area contributed by atoms with Crippen LogP contribution in [0.25, 0.3) is 0 Å². The van der Waals surface area contributed by atoms with Gasteiger partial charge in [0.15, 0.2) is 0 Å². The summed E-state index contributed by atoms with van der Waals surface area (Å²) in [7, 11) is 0. The number of aliphatic hydroxyl groups excluding tert-OH is 1. The Hall–Kier alpha value is -1.80. The lowest BCUT2D eigenvalue weighted by atomic mass is 9.66. The summed E-state index contributed by atoms with van der Waals surface area (Å²) in [5.41, 5.74) is -0.482. The molecule has 1 N–H and O–H groups in total. The normalized spacial score (nSPS) is 32.9. The SMILES string of the molecule is C=CCCOC(=O)[C@@H]1[C@H]2C(=O)N([C@@H](CC)CO)C(C(=O)N(CC=C)C(C)(C)C)C23CC[C@@]1(C)S3. The van der Waals surface area contributed by atoms with E-state index in [2.05, 4.69) is 13.2 Å². The number of fused-ring (bicyclic) bond motifs is 1. The molecule has 34 heavy (non-hydrogen) atoms. The number of ether oxygens (including phenoxy) is 1. The highest BCUT2D eigenvalue weighted by Gasteiger charge is 2.78. The fraction of sp³-hybridized carbons (Fsp3) is 0.731. The number of carbonyl (C=O) groups excluding carboxylic acids is 3. The summed E-state index contributed by atoms with van der Waals surface area (Å²) in [5.74, 6) is -2.00. The molecule has 3 fully saturated rings. The van der Waals surface area contributed by atoms with Crippen molar-refractivity contribution in [3.63, 3.8) is 0 Å². The number of aliphatic hydroxyl groups is 1. The number of hydrogen-bond acceptors (Lipinski definition) is 6. The van der Waals surface area contributed by atoms with Crippen molar-refractivity contribution >= 4 is 29.5 Å². The summed E-state index contributed by atoms with van der Waals surface area (Å²) < 4.78 is 4.38. The Balaban J connectivity index is 2.11. The van der Waals surface area contributed by atoms with E-state index in [1.807, 2.05) is 34.6 Å². The van der Waals surface area contributed by atoms with Crippen LogP contribution in [0.1, 0.15) is 60.3 Å². The lowest BCUT2D eigenvalue weighted by Crippen LogP contribution is -2.60. The van der Waals surface area contributed by atoms with Gasteiger partial charge in [0.05, 0.1) is 35.8 Å². The van der Waals surface area contributed by atoms with Crippen molar-refractivity contribution in [3.05, 3.63) is 25.3 Å². The second kappa shape index (κ2) is 9.69. The Kier molecular flexibility index (Phi) is 7.63. The zero-order chi connectivity index (χ0) is 25.5. The predicted octanol–water partition coefficient (Wildman–Crippen LogP) is 3.17. The van der Waals surface area contributed by atoms with E-state index in [0.717, 1.165) is 6.42 Å². The van der Waals surface area contributed by atoms with Crippen LogP contribution in [-0.2, 0) is 19.1 Å². The molecule has 0 radical (unpaired) electrons. The van der Waals surface area contributed by atoms with Gasteiger partial charge in [-0.25, -0.2) is 0 Å².